The van der Waals surface area contributed by atoms with Gasteiger partial charge in [-0.1, -0.05) is 12.1 Å². The van der Waals surface area contributed by atoms with E-state index in [-0.39, 0.29) is 41.6 Å². The maximum absolute atomic E-state index is 13.9. The maximum Gasteiger partial charge on any atom is 0.416 e. The Labute approximate surface area is 253 Å². The Morgan fingerprint density at radius 2 is 1.43 bits per heavy atom. The molecule has 44 heavy (non-hydrogen) atoms. The van der Waals surface area contributed by atoms with Crippen LogP contribution in [0.15, 0.2) is 42.5 Å². The summed E-state index contributed by atoms with van der Waals surface area (Å²) in [6.45, 7) is 10.0. The number of rotatable bonds is 5. The first-order chi connectivity index (χ1) is 20.4. The molecule has 0 bridgehead atoms. The third kappa shape index (κ3) is 6.93. The van der Waals surface area contributed by atoms with Crippen molar-refractivity contribution in [3.8, 4) is 0 Å². The number of nitrogens with zero attached hydrogens (tertiary/aromatic N) is 2. The summed E-state index contributed by atoms with van der Waals surface area (Å²) in [5, 5.41) is 0. The van der Waals surface area contributed by atoms with E-state index in [1.165, 1.54) is 19.1 Å². The van der Waals surface area contributed by atoms with E-state index in [0.717, 1.165) is 25.9 Å². The number of benzene rings is 2. The number of halogens is 7. The molecule has 1 amide bonds. The lowest BCUT2D eigenvalue weighted by Gasteiger charge is -2.45. The highest BCUT2D eigenvalue weighted by Crippen LogP contribution is 2.47. The van der Waals surface area contributed by atoms with E-state index in [0.29, 0.717) is 36.5 Å². The monoisotopic (exact) mass is 628 g/mol. The second-order valence-corrected chi connectivity index (χ2v) is 13.5. The first-order valence-electron chi connectivity index (χ1n) is 15.2. The quantitative estimate of drug-likeness (QED) is 0.313. The van der Waals surface area contributed by atoms with Crippen LogP contribution in [0.2, 0.25) is 0 Å². The summed E-state index contributed by atoms with van der Waals surface area (Å²) in [7, 11) is 0. The number of carbonyl (C=O) groups excluding carboxylic acids is 1. The molecule has 0 radical (unpaired) electrons. The number of likely N-dealkylation sites (tertiary alicyclic amines) is 1. The van der Waals surface area contributed by atoms with Crippen LogP contribution in [-0.4, -0.2) is 53.0 Å². The molecule has 3 aliphatic rings. The Balaban J connectivity index is 1.42. The third-order valence-electron chi connectivity index (χ3n) is 9.76. The van der Waals surface area contributed by atoms with Crippen LogP contribution >= 0.6 is 0 Å². The number of ether oxygens (including phenoxy) is 1. The van der Waals surface area contributed by atoms with E-state index in [1.807, 2.05) is 0 Å². The molecule has 0 aliphatic carbocycles. The van der Waals surface area contributed by atoms with Crippen LogP contribution < -0.4 is 0 Å². The summed E-state index contributed by atoms with van der Waals surface area (Å²) < 4.78 is 101. The standard InChI is InChI=1S/C33H39F7N2O2/c1-19(22-13-24(32(35,36)37)17-25(14-22)33(38,39)40)44-28-18-42-27(30(28)21-5-7-26(34)8-6-21)15-23(16-29(42)43)20-9-11-41(12-10-20)31(2,3)4/h5-8,13-14,17,19-20,23,27-28,30H,9-12,15-16,18H2,1-4H3/t19-,23?,27?,28?,30+/m1/s1. The predicted octanol–water partition coefficient (Wildman–Crippen LogP) is 8.22. The minimum atomic E-state index is -4.98. The molecular weight excluding hydrogens is 589 g/mol. The average Bonchev–Trinajstić information content (AvgIpc) is 3.30. The van der Waals surface area contributed by atoms with Crippen LogP contribution in [0.25, 0.3) is 0 Å². The molecule has 0 N–H and O–H groups in total. The smallest absolute Gasteiger partial charge is 0.368 e. The fraction of sp³-hybridized carbons (Fsp3) is 0.606. The van der Waals surface area contributed by atoms with Gasteiger partial charge in [0.15, 0.2) is 0 Å². The van der Waals surface area contributed by atoms with Gasteiger partial charge in [-0.15, -0.1) is 0 Å². The molecule has 2 aromatic rings. The molecule has 242 valence electrons. The Morgan fingerprint density at radius 3 is 1.95 bits per heavy atom. The second-order valence-electron chi connectivity index (χ2n) is 13.5. The van der Waals surface area contributed by atoms with Gasteiger partial charge in [0.1, 0.15) is 5.82 Å². The van der Waals surface area contributed by atoms with Crippen molar-refractivity contribution in [3.05, 3.63) is 70.5 Å². The van der Waals surface area contributed by atoms with Crippen LogP contribution in [0.3, 0.4) is 0 Å². The van der Waals surface area contributed by atoms with Gasteiger partial charge in [0.05, 0.1) is 23.3 Å². The van der Waals surface area contributed by atoms with Gasteiger partial charge >= 0.3 is 12.4 Å². The fourth-order valence-corrected chi connectivity index (χ4v) is 7.38. The average molecular weight is 629 g/mol. The molecule has 3 fully saturated rings. The Hall–Kier alpha value is -2.66. The zero-order valence-electron chi connectivity index (χ0n) is 25.3. The molecule has 3 unspecified atom stereocenters. The van der Waals surface area contributed by atoms with Gasteiger partial charge in [0.25, 0.3) is 0 Å². The second kappa shape index (κ2) is 11.9. The van der Waals surface area contributed by atoms with Gasteiger partial charge in [-0.2, -0.15) is 26.3 Å². The van der Waals surface area contributed by atoms with Crippen molar-refractivity contribution < 1.29 is 40.3 Å². The molecule has 3 heterocycles. The largest absolute Gasteiger partial charge is 0.416 e. The molecule has 3 saturated heterocycles. The third-order valence-corrected chi connectivity index (χ3v) is 9.76. The zero-order valence-corrected chi connectivity index (χ0v) is 25.3. The Morgan fingerprint density at radius 1 is 0.864 bits per heavy atom. The van der Waals surface area contributed by atoms with Crippen molar-refractivity contribution in [1.82, 2.24) is 9.80 Å². The SMILES string of the molecule is C[C@@H](OC1CN2C(=O)CC(C3CCN(C(C)(C)C)CC3)CC2[C@@H]1c1ccc(F)cc1)c1cc(C(F)(F)F)cc(C(F)(F)F)c1. The van der Waals surface area contributed by atoms with E-state index < -0.39 is 47.4 Å². The minimum Gasteiger partial charge on any atom is -0.368 e. The van der Waals surface area contributed by atoms with Gasteiger partial charge in [-0.3, -0.25) is 9.69 Å². The summed E-state index contributed by atoms with van der Waals surface area (Å²) in [6, 6.07) is 7.03. The molecule has 2 aromatic carbocycles. The number of carbonyl (C=O) groups is 1. The lowest BCUT2D eigenvalue weighted by Crippen LogP contribution is -2.50. The summed E-state index contributed by atoms with van der Waals surface area (Å²) in [5.41, 5.74) is -2.30. The van der Waals surface area contributed by atoms with E-state index >= 15 is 0 Å². The fourth-order valence-electron chi connectivity index (χ4n) is 7.38. The maximum atomic E-state index is 13.9. The number of fused-ring (bicyclic) bond motifs is 1. The Kier molecular flexibility index (Phi) is 8.87. The highest BCUT2D eigenvalue weighted by atomic mass is 19.4. The van der Waals surface area contributed by atoms with Gasteiger partial charge in [-0.05, 0) is 113 Å². The molecular formula is C33H39F7N2O2. The number of piperidine rings is 2. The van der Waals surface area contributed by atoms with Crippen LogP contribution in [0.4, 0.5) is 30.7 Å². The Bertz CT molecular complexity index is 1300. The van der Waals surface area contributed by atoms with Gasteiger partial charge in [-0.25, -0.2) is 4.39 Å². The van der Waals surface area contributed by atoms with E-state index in [1.54, 1.807) is 17.0 Å². The minimum absolute atomic E-state index is 0.0335. The zero-order chi connectivity index (χ0) is 32.2. The molecule has 4 nitrogen and oxygen atoms in total. The van der Waals surface area contributed by atoms with E-state index in [9.17, 15) is 35.5 Å². The predicted molar refractivity (Wildman–Crippen MR) is 151 cm³/mol. The van der Waals surface area contributed by atoms with Crippen molar-refractivity contribution in [2.75, 3.05) is 19.6 Å². The van der Waals surface area contributed by atoms with Crippen LogP contribution in [0.1, 0.15) is 87.7 Å². The highest BCUT2D eigenvalue weighted by molar-refractivity contribution is 5.78. The molecule has 0 saturated carbocycles. The number of alkyl halides is 6. The molecule has 5 atom stereocenters. The number of amides is 1. The molecule has 3 aliphatic heterocycles. The summed E-state index contributed by atoms with van der Waals surface area (Å²) >= 11 is 0. The molecule has 11 heteroatoms. The number of hydrogen-bond donors (Lipinski definition) is 0. The van der Waals surface area contributed by atoms with Crippen molar-refractivity contribution in [1.29, 1.82) is 0 Å². The number of hydrogen-bond acceptors (Lipinski definition) is 3. The molecule has 5 rings (SSSR count). The van der Waals surface area contributed by atoms with Crippen LogP contribution in [0.5, 0.6) is 0 Å². The normalized spacial score (nSPS) is 26.6. The van der Waals surface area contributed by atoms with Crippen LogP contribution in [-0.2, 0) is 21.9 Å². The first-order valence-corrected chi connectivity index (χ1v) is 15.2. The summed E-state index contributed by atoms with van der Waals surface area (Å²) in [6.07, 6.45) is -8.79. The molecule has 0 aromatic heterocycles. The van der Waals surface area contributed by atoms with Crippen molar-refractivity contribution >= 4 is 5.91 Å². The molecule has 0 spiro atoms. The topological polar surface area (TPSA) is 32.8 Å². The lowest BCUT2D eigenvalue weighted by molar-refractivity contribution is -0.143. The highest BCUT2D eigenvalue weighted by Gasteiger charge is 2.51. The van der Waals surface area contributed by atoms with Gasteiger partial charge in [0, 0.05) is 30.5 Å². The summed E-state index contributed by atoms with van der Waals surface area (Å²) in [5.74, 6) is -0.399. The lowest BCUT2D eigenvalue weighted by atomic mass is 9.73. The van der Waals surface area contributed by atoms with E-state index in [2.05, 4.69) is 25.7 Å². The first kappa shape index (κ1) is 32.7. The van der Waals surface area contributed by atoms with Crippen LogP contribution in [0, 0.1) is 17.7 Å². The van der Waals surface area contributed by atoms with Gasteiger partial charge in [0.2, 0.25) is 5.91 Å². The van der Waals surface area contributed by atoms with Crippen molar-refractivity contribution in [2.45, 2.75) is 95.4 Å². The van der Waals surface area contributed by atoms with E-state index in [4.69, 9.17) is 4.74 Å². The van der Waals surface area contributed by atoms with Crippen molar-refractivity contribution in [2.24, 2.45) is 11.8 Å². The summed E-state index contributed by atoms with van der Waals surface area (Å²) in [4.78, 5) is 17.7. The van der Waals surface area contributed by atoms with Gasteiger partial charge < -0.3 is 9.64 Å². The van der Waals surface area contributed by atoms with Crippen molar-refractivity contribution in [3.63, 3.8) is 0 Å².